The van der Waals surface area contributed by atoms with Crippen LogP contribution in [0.1, 0.15) is 64.7 Å². The highest BCUT2D eigenvalue weighted by molar-refractivity contribution is 5.81. The molecule has 21 heavy (non-hydrogen) atoms. The first-order valence-electron chi connectivity index (χ1n) is 8.21. The van der Waals surface area contributed by atoms with E-state index in [0.29, 0.717) is 19.4 Å². The minimum atomic E-state index is -0.863. The van der Waals surface area contributed by atoms with E-state index >= 15 is 0 Å². The third-order valence-corrected chi connectivity index (χ3v) is 4.02. The van der Waals surface area contributed by atoms with E-state index in [-0.39, 0.29) is 5.97 Å². The molecule has 1 saturated carbocycles. The summed E-state index contributed by atoms with van der Waals surface area (Å²) < 4.78 is 5.26. The highest BCUT2D eigenvalue weighted by Crippen LogP contribution is 2.31. The Balaban J connectivity index is 2.19. The highest BCUT2D eigenvalue weighted by atomic mass is 16.5. The van der Waals surface area contributed by atoms with Gasteiger partial charge in [-0.2, -0.15) is 0 Å². The van der Waals surface area contributed by atoms with Crippen LogP contribution in [0.25, 0.3) is 0 Å². The van der Waals surface area contributed by atoms with Crippen molar-refractivity contribution in [3.05, 3.63) is 12.2 Å². The van der Waals surface area contributed by atoms with Gasteiger partial charge in [-0.15, -0.1) is 0 Å². The number of esters is 1. The Morgan fingerprint density at radius 2 is 1.76 bits per heavy atom. The molecule has 1 fully saturated rings. The van der Waals surface area contributed by atoms with E-state index < -0.39 is 17.8 Å². The molecule has 0 aromatic rings. The Labute approximate surface area is 127 Å². The number of carbonyl (C=O) groups is 2. The van der Waals surface area contributed by atoms with Gasteiger partial charge >= 0.3 is 11.9 Å². The first kappa shape index (κ1) is 17.7. The maximum atomic E-state index is 12.0. The van der Waals surface area contributed by atoms with E-state index in [1.165, 1.54) is 6.42 Å². The SMILES string of the molecule is CCC/C=C/CCCCOC(=O)C1CCCCC1C(=O)O. The van der Waals surface area contributed by atoms with Crippen LogP contribution < -0.4 is 0 Å². The van der Waals surface area contributed by atoms with Gasteiger partial charge in [-0.25, -0.2) is 0 Å². The van der Waals surface area contributed by atoms with Gasteiger partial charge in [-0.05, 0) is 38.5 Å². The van der Waals surface area contributed by atoms with Crippen LogP contribution in [0, 0.1) is 11.8 Å². The molecule has 120 valence electrons. The topological polar surface area (TPSA) is 63.6 Å². The van der Waals surface area contributed by atoms with Crippen molar-refractivity contribution in [1.82, 2.24) is 0 Å². The van der Waals surface area contributed by atoms with Crippen molar-refractivity contribution in [2.45, 2.75) is 64.7 Å². The molecule has 0 radical (unpaired) electrons. The summed E-state index contributed by atoms with van der Waals surface area (Å²) in [6, 6.07) is 0. The maximum Gasteiger partial charge on any atom is 0.309 e. The van der Waals surface area contributed by atoms with Crippen molar-refractivity contribution >= 4 is 11.9 Å². The molecule has 4 nitrogen and oxygen atoms in total. The van der Waals surface area contributed by atoms with Gasteiger partial charge in [0.25, 0.3) is 0 Å². The summed E-state index contributed by atoms with van der Waals surface area (Å²) in [4.78, 5) is 23.1. The number of allylic oxidation sites excluding steroid dienone is 2. The number of carboxylic acids is 1. The van der Waals surface area contributed by atoms with Gasteiger partial charge < -0.3 is 9.84 Å². The Bertz CT molecular complexity index is 349. The summed E-state index contributed by atoms with van der Waals surface area (Å²) >= 11 is 0. The zero-order valence-corrected chi connectivity index (χ0v) is 13.1. The molecule has 1 rings (SSSR count). The molecule has 2 unspecified atom stereocenters. The fraction of sp³-hybridized carbons (Fsp3) is 0.765. The lowest BCUT2D eigenvalue weighted by atomic mass is 9.79. The third-order valence-electron chi connectivity index (χ3n) is 4.02. The second-order valence-corrected chi connectivity index (χ2v) is 5.76. The predicted octanol–water partition coefficient (Wildman–Crippen LogP) is 3.95. The fourth-order valence-corrected chi connectivity index (χ4v) is 2.75. The van der Waals surface area contributed by atoms with Crippen LogP contribution >= 0.6 is 0 Å². The molecule has 0 heterocycles. The van der Waals surface area contributed by atoms with Gasteiger partial charge in [0.2, 0.25) is 0 Å². The first-order chi connectivity index (χ1) is 10.2. The summed E-state index contributed by atoms with van der Waals surface area (Å²) in [6.07, 6.45) is 12.6. The number of hydrogen-bond donors (Lipinski definition) is 1. The molecule has 4 heteroatoms. The van der Waals surface area contributed by atoms with Gasteiger partial charge in [0.05, 0.1) is 18.4 Å². The zero-order chi connectivity index (χ0) is 15.5. The molecule has 0 bridgehead atoms. The van der Waals surface area contributed by atoms with Gasteiger partial charge in [0.15, 0.2) is 0 Å². The number of carbonyl (C=O) groups excluding carboxylic acids is 1. The smallest absolute Gasteiger partial charge is 0.309 e. The Morgan fingerprint density at radius 3 is 2.43 bits per heavy atom. The van der Waals surface area contributed by atoms with Crippen LogP contribution in [0.5, 0.6) is 0 Å². The Morgan fingerprint density at radius 1 is 1.10 bits per heavy atom. The second kappa shape index (κ2) is 10.4. The van der Waals surface area contributed by atoms with Crippen LogP contribution in [-0.2, 0) is 14.3 Å². The molecule has 0 aromatic heterocycles. The number of ether oxygens (including phenoxy) is 1. The monoisotopic (exact) mass is 296 g/mol. The standard InChI is InChI=1S/C17H28O4/c1-2-3-4-5-6-7-10-13-21-17(20)15-12-9-8-11-14(15)16(18)19/h4-5,14-15H,2-3,6-13H2,1H3,(H,18,19)/b5-4+. The van der Waals surface area contributed by atoms with E-state index in [9.17, 15) is 9.59 Å². The Kier molecular flexibility index (Phi) is 8.79. The van der Waals surface area contributed by atoms with Gasteiger partial charge in [-0.1, -0.05) is 38.3 Å². The number of carboxylic acid groups (broad SMARTS) is 1. The average Bonchev–Trinajstić information content (AvgIpc) is 2.49. The molecule has 1 aliphatic carbocycles. The van der Waals surface area contributed by atoms with Crippen molar-refractivity contribution in [1.29, 1.82) is 0 Å². The van der Waals surface area contributed by atoms with Crippen molar-refractivity contribution in [3.8, 4) is 0 Å². The van der Waals surface area contributed by atoms with Crippen molar-refractivity contribution in [2.24, 2.45) is 11.8 Å². The lowest BCUT2D eigenvalue weighted by molar-refractivity contribution is -0.159. The second-order valence-electron chi connectivity index (χ2n) is 5.76. The lowest BCUT2D eigenvalue weighted by Crippen LogP contribution is -2.33. The molecule has 0 aromatic carbocycles. The van der Waals surface area contributed by atoms with E-state index in [1.54, 1.807) is 0 Å². The molecule has 1 aliphatic rings. The summed E-state index contributed by atoms with van der Waals surface area (Å²) in [5.74, 6) is -2.18. The normalized spacial score (nSPS) is 22.3. The zero-order valence-electron chi connectivity index (χ0n) is 13.1. The maximum absolute atomic E-state index is 12.0. The van der Waals surface area contributed by atoms with Crippen LogP contribution in [-0.4, -0.2) is 23.7 Å². The van der Waals surface area contributed by atoms with Crippen molar-refractivity contribution in [2.75, 3.05) is 6.61 Å². The molecule has 1 N–H and O–H groups in total. The predicted molar refractivity (Wildman–Crippen MR) is 81.9 cm³/mol. The van der Waals surface area contributed by atoms with E-state index in [4.69, 9.17) is 9.84 Å². The van der Waals surface area contributed by atoms with Gasteiger partial charge in [0, 0.05) is 0 Å². The lowest BCUT2D eigenvalue weighted by Gasteiger charge is -2.26. The third kappa shape index (κ3) is 6.78. The molecular weight excluding hydrogens is 268 g/mol. The van der Waals surface area contributed by atoms with Gasteiger partial charge in [-0.3, -0.25) is 9.59 Å². The van der Waals surface area contributed by atoms with Crippen LogP contribution in [0.4, 0.5) is 0 Å². The number of rotatable bonds is 9. The summed E-state index contributed by atoms with van der Waals surface area (Å²) in [5, 5.41) is 9.15. The highest BCUT2D eigenvalue weighted by Gasteiger charge is 2.36. The minimum absolute atomic E-state index is 0.316. The molecule has 2 atom stereocenters. The van der Waals surface area contributed by atoms with Crippen molar-refractivity contribution < 1.29 is 19.4 Å². The van der Waals surface area contributed by atoms with Crippen LogP contribution in [0.15, 0.2) is 12.2 Å². The van der Waals surface area contributed by atoms with E-state index in [1.807, 2.05) is 0 Å². The van der Waals surface area contributed by atoms with Crippen LogP contribution in [0.3, 0.4) is 0 Å². The van der Waals surface area contributed by atoms with Crippen molar-refractivity contribution in [3.63, 3.8) is 0 Å². The molecule has 0 spiro atoms. The van der Waals surface area contributed by atoms with E-state index in [2.05, 4.69) is 19.1 Å². The largest absolute Gasteiger partial charge is 0.481 e. The quantitative estimate of drug-likeness (QED) is 0.397. The van der Waals surface area contributed by atoms with Gasteiger partial charge in [0.1, 0.15) is 0 Å². The summed E-state index contributed by atoms with van der Waals surface area (Å²) in [6.45, 7) is 2.56. The molecule has 0 aliphatic heterocycles. The summed E-state index contributed by atoms with van der Waals surface area (Å²) in [5.41, 5.74) is 0. The first-order valence-corrected chi connectivity index (χ1v) is 8.21. The Hall–Kier alpha value is -1.32. The number of hydrogen-bond acceptors (Lipinski definition) is 3. The molecular formula is C17H28O4. The van der Waals surface area contributed by atoms with E-state index in [0.717, 1.165) is 38.5 Å². The minimum Gasteiger partial charge on any atom is -0.481 e. The average molecular weight is 296 g/mol. The molecule has 0 amide bonds. The number of aliphatic carboxylic acids is 1. The fourth-order valence-electron chi connectivity index (χ4n) is 2.75. The summed E-state index contributed by atoms with van der Waals surface area (Å²) in [7, 11) is 0. The van der Waals surface area contributed by atoms with Crippen LogP contribution in [0.2, 0.25) is 0 Å². The molecule has 0 saturated heterocycles. The number of unbranched alkanes of at least 4 members (excludes halogenated alkanes) is 3.